The van der Waals surface area contributed by atoms with Gasteiger partial charge in [-0.25, -0.2) is 0 Å². The van der Waals surface area contributed by atoms with Crippen LogP contribution < -0.4 is 26.2 Å². The second-order valence-corrected chi connectivity index (χ2v) is 28.4. The summed E-state index contributed by atoms with van der Waals surface area (Å²) in [6.45, 7) is 6.90. The zero-order valence-corrected chi connectivity index (χ0v) is 57.7. The van der Waals surface area contributed by atoms with E-state index in [9.17, 15) is 0 Å². The third-order valence-electron chi connectivity index (χ3n) is 21.2. The number of fused-ring (bicyclic) bond motifs is 6. The van der Waals surface area contributed by atoms with Crippen LogP contribution in [0.25, 0.3) is 122 Å². The number of rotatable bonds is 12. The van der Waals surface area contributed by atoms with Gasteiger partial charge in [-0.15, -0.1) is 0 Å². The number of nitrogens with zero attached hydrogens (tertiary/aromatic N) is 4. The van der Waals surface area contributed by atoms with E-state index in [-0.39, 0.29) is 12.1 Å². The topological polar surface area (TPSA) is 16.3 Å². The fourth-order valence-corrected chi connectivity index (χ4v) is 16.4. The molecule has 2 aromatic heterocycles. The first kappa shape index (κ1) is 61.2. The summed E-state index contributed by atoms with van der Waals surface area (Å²) in [5.41, 5.74) is 31.7. The molecule has 4 nitrogen and oxygen atoms in total. The van der Waals surface area contributed by atoms with Gasteiger partial charge in [-0.3, -0.25) is 0 Å². The van der Waals surface area contributed by atoms with Crippen molar-refractivity contribution in [2.24, 2.45) is 0 Å². The first-order valence-corrected chi connectivity index (χ1v) is 35.8. The van der Waals surface area contributed by atoms with Crippen molar-refractivity contribution in [3.8, 4) is 101 Å². The summed E-state index contributed by atoms with van der Waals surface area (Å²) in [4.78, 5) is 5.29. The van der Waals surface area contributed by atoms with Gasteiger partial charge in [0.05, 0.1) is 22.8 Å². The summed E-state index contributed by atoms with van der Waals surface area (Å²) < 4.78 is 5.11. The molecular formula is C98H71BN4. The summed E-state index contributed by atoms with van der Waals surface area (Å²) in [6, 6.07) is 140. The van der Waals surface area contributed by atoms with E-state index in [1.807, 2.05) is 0 Å². The molecule has 5 heteroatoms. The van der Waals surface area contributed by atoms with Crippen LogP contribution >= 0.6 is 0 Å². The largest absolute Gasteiger partial charge is 0.311 e. The van der Waals surface area contributed by atoms with Gasteiger partial charge in [-0.05, 0) is 167 Å². The Morgan fingerprint density at radius 2 is 0.466 bits per heavy atom. The highest BCUT2D eigenvalue weighted by atomic mass is 15.2. The summed E-state index contributed by atoms with van der Waals surface area (Å²) in [5, 5.41) is 4.78. The maximum atomic E-state index is 2.65. The van der Waals surface area contributed by atoms with E-state index in [1.165, 1.54) is 43.5 Å². The first-order valence-electron chi connectivity index (χ1n) is 35.8. The molecule has 0 bridgehead atoms. The normalized spacial score (nSPS) is 12.4. The van der Waals surface area contributed by atoms with Crippen LogP contribution in [0.4, 0.5) is 34.1 Å². The van der Waals surface area contributed by atoms with Gasteiger partial charge >= 0.3 is 0 Å². The van der Waals surface area contributed by atoms with Crippen LogP contribution in [0.15, 0.2) is 376 Å². The van der Waals surface area contributed by atoms with Gasteiger partial charge in [0, 0.05) is 67.0 Å². The minimum atomic E-state index is -0.314. The summed E-state index contributed by atoms with van der Waals surface area (Å²) in [6.07, 6.45) is 0. The second-order valence-electron chi connectivity index (χ2n) is 28.4. The fraction of sp³-hybridized carbons (Fsp3) is 0.0408. The molecule has 17 aromatic rings. The Balaban J connectivity index is 0.962. The number of aromatic nitrogens is 2. The van der Waals surface area contributed by atoms with Crippen LogP contribution in [-0.4, -0.2) is 15.8 Å². The Labute approximate surface area is 602 Å². The van der Waals surface area contributed by atoms with Gasteiger partial charge in [-0.2, -0.15) is 0 Å². The van der Waals surface area contributed by atoms with Crippen molar-refractivity contribution in [3.63, 3.8) is 0 Å². The highest BCUT2D eigenvalue weighted by Gasteiger charge is 2.45. The number of hydrogen-bond acceptors (Lipinski definition) is 2. The maximum Gasteiger partial charge on any atom is 0.252 e. The molecule has 2 aliphatic heterocycles. The molecule has 0 saturated heterocycles. The third kappa shape index (κ3) is 10.5. The molecule has 4 heterocycles. The van der Waals surface area contributed by atoms with Crippen LogP contribution in [0.2, 0.25) is 0 Å². The van der Waals surface area contributed by atoms with Crippen molar-refractivity contribution < 1.29 is 0 Å². The van der Waals surface area contributed by atoms with Gasteiger partial charge in [0.1, 0.15) is 0 Å². The molecule has 0 fully saturated rings. The molecule has 486 valence electrons. The highest BCUT2D eigenvalue weighted by molar-refractivity contribution is 7.00. The molecule has 0 N–H and O–H groups in total. The van der Waals surface area contributed by atoms with E-state index < -0.39 is 0 Å². The van der Waals surface area contributed by atoms with Gasteiger partial charge in [-0.1, -0.05) is 324 Å². The van der Waals surface area contributed by atoms with Crippen molar-refractivity contribution >= 4 is 78.8 Å². The quantitative estimate of drug-likeness (QED) is 0.113. The Morgan fingerprint density at radius 3 is 0.728 bits per heavy atom. The fourth-order valence-electron chi connectivity index (χ4n) is 16.4. The lowest BCUT2D eigenvalue weighted by atomic mass is 9.33. The summed E-state index contributed by atoms with van der Waals surface area (Å²) in [5.74, 6) is 0. The van der Waals surface area contributed by atoms with E-state index in [1.54, 1.807) is 0 Å². The molecule has 103 heavy (non-hydrogen) atoms. The molecule has 19 rings (SSSR count). The van der Waals surface area contributed by atoms with Crippen molar-refractivity contribution in [2.75, 3.05) is 9.80 Å². The van der Waals surface area contributed by atoms with Crippen molar-refractivity contribution in [3.05, 3.63) is 382 Å². The molecule has 2 aliphatic rings. The van der Waals surface area contributed by atoms with Gasteiger partial charge < -0.3 is 18.9 Å². The van der Waals surface area contributed by atoms with Gasteiger partial charge in [0.2, 0.25) is 0 Å². The lowest BCUT2D eigenvalue weighted by Gasteiger charge is -2.45. The monoisotopic (exact) mass is 1310 g/mol. The summed E-state index contributed by atoms with van der Waals surface area (Å²) in [7, 11) is 0. The first-order chi connectivity index (χ1) is 50.8. The zero-order valence-electron chi connectivity index (χ0n) is 57.7. The highest BCUT2D eigenvalue weighted by Crippen LogP contribution is 2.52. The molecule has 15 aromatic carbocycles. The van der Waals surface area contributed by atoms with Crippen LogP contribution in [0.5, 0.6) is 0 Å². The zero-order chi connectivity index (χ0) is 68.7. The SMILES string of the molecule is CC(C)(C)c1cc2c3c(c1)N(c1cc(-c4ccccc4)cc(-c4ccccc4)c1)c1cc(-n4c(-c5ccccc5)c5ccccc5c4-c4ccccc4)ccc1B3c1ccc(-n3c(-c4ccccc4)c4ccccc4c3-c3ccccc3)cc1N2c1cc(-c2ccccc2)cc(-c2ccccc2)c1. The summed E-state index contributed by atoms with van der Waals surface area (Å²) >= 11 is 0. The Hall–Kier alpha value is -13.0. The molecule has 0 radical (unpaired) electrons. The van der Waals surface area contributed by atoms with Crippen molar-refractivity contribution in [1.82, 2.24) is 9.13 Å². The molecule has 0 amide bonds. The van der Waals surface area contributed by atoms with E-state index >= 15 is 0 Å². The predicted octanol–water partition coefficient (Wildman–Crippen LogP) is 24.3. The average Bonchev–Trinajstić information content (AvgIpc) is 0.704. The molecule has 0 spiro atoms. The Bertz CT molecular complexity index is 5430. The molecule has 0 aliphatic carbocycles. The minimum Gasteiger partial charge on any atom is -0.311 e. The van der Waals surface area contributed by atoms with Crippen LogP contribution in [0.3, 0.4) is 0 Å². The van der Waals surface area contributed by atoms with Gasteiger partial charge in [0.25, 0.3) is 6.71 Å². The molecule has 0 atom stereocenters. The van der Waals surface area contributed by atoms with E-state index in [0.717, 1.165) is 135 Å². The van der Waals surface area contributed by atoms with Crippen LogP contribution in [0.1, 0.15) is 26.3 Å². The third-order valence-corrected chi connectivity index (χ3v) is 21.2. The van der Waals surface area contributed by atoms with E-state index in [4.69, 9.17) is 0 Å². The predicted molar refractivity (Wildman–Crippen MR) is 436 cm³/mol. The lowest BCUT2D eigenvalue weighted by molar-refractivity contribution is 0.590. The Morgan fingerprint density at radius 1 is 0.214 bits per heavy atom. The lowest BCUT2D eigenvalue weighted by Crippen LogP contribution is -2.61. The van der Waals surface area contributed by atoms with Gasteiger partial charge in [0.15, 0.2) is 0 Å². The van der Waals surface area contributed by atoms with Crippen LogP contribution in [0, 0.1) is 0 Å². The van der Waals surface area contributed by atoms with E-state index in [2.05, 4.69) is 416 Å². The molecular weight excluding hydrogens is 1240 g/mol. The van der Waals surface area contributed by atoms with Crippen molar-refractivity contribution in [2.45, 2.75) is 26.2 Å². The van der Waals surface area contributed by atoms with E-state index in [0.29, 0.717) is 0 Å². The van der Waals surface area contributed by atoms with Crippen molar-refractivity contribution in [1.29, 1.82) is 0 Å². The smallest absolute Gasteiger partial charge is 0.252 e. The Kier molecular flexibility index (Phi) is 14.9. The number of benzene rings is 15. The minimum absolute atomic E-state index is 0.242. The van der Waals surface area contributed by atoms with Crippen LogP contribution in [-0.2, 0) is 5.41 Å². The number of hydrogen-bond donors (Lipinski definition) is 0. The molecule has 0 saturated carbocycles. The number of anilines is 6. The molecule has 0 unspecified atom stereocenters. The standard InChI is InChI=1S/C98H71BN4/c1-98(2,3)78-62-91-93-92(63-78)101(82-60-76(68-36-16-6-17-37-68)57-77(61-82)69-38-18-7-19-39-69)90-65-80(103-96(72-44-24-10-25-45-72)85-50-30-31-51-86(85)97(103)73-46-26-11-27-47-73)53-55-88(90)99(93)87-54-52-79(102-94(70-40-20-8-21-41-70)83-48-28-29-49-84(83)95(102)71-42-22-9-23-43-71)64-89(87)100(91)81-58-74(66-32-12-4-13-33-66)56-75(59-81)67-34-14-5-15-35-67/h4-65H,1-3H3. The maximum absolute atomic E-state index is 2.65. The average molecular weight is 1320 g/mol. The second kappa shape index (κ2) is 25.0.